The number of hydrogen-bond acceptors (Lipinski definition) is 9. The van der Waals surface area contributed by atoms with Crippen molar-refractivity contribution in [3.8, 4) is 23.0 Å². The third-order valence-electron chi connectivity index (χ3n) is 9.26. The summed E-state index contributed by atoms with van der Waals surface area (Å²) in [6.07, 6.45) is -0.501. The van der Waals surface area contributed by atoms with Gasteiger partial charge in [0.05, 0.1) is 19.0 Å². The Bertz CT molecular complexity index is 1780. The molecule has 0 amide bonds. The molecule has 1 heterocycles. The molecule has 3 unspecified atom stereocenters. The van der Waals surface area contributed by atoms with Crippen LogP contribution in [0.4, 0.5) is 0 Å². The molecule has 0 spiro atoms. The Labute approximate surface area is 312 Å². The fourth-order valence-corrected chi connectivity index (χ4v) is 5.79. The van der Waals surface area contributed by atoms with Gasteiger partial charge in [0, 0.05) is 10.8 Å². The summed E-state index contributed by atoms with van der Waals surface area (Å²) in [5.74, 6) is 3.43. The zero-order valence-corrected chi connectivity index (χ0v) is 31.2. The molecule has 0 saturated heterocycles. The summed E-state index contributed by atoms with van der Waals surface area (Å²) in [5.41, 5.74) is 3.95. The minimum absolute atomic E-state index is 0.0943. The highest BCUT2D eigenvalue weighted by molar-refractivity contribution is 5.43. The number of aliphatic hydroxyl groups is 3. The molecule has 282 valence electrons. The zero-order valence-electron chi connectivity index (χ0n) is 31.2. The van der Waals surface area contributed by atoms with Gasteiger partial charge in [-0.3, -0.25) is 0 Å². The van der Waals surface area contributed by atoms with E-state index in [1.165, 1.54) is 0 Å². The molecule has 0 aliphatic heterocycles. The number of benzene rings is 4. The molecule has 3 N–H and O–H groups in total. The van der Waals surface area contributed by atoms with Crippen LogP contribution in [0.15, 0.2) is 120 Å². The van der Waals surface area contributed by atoms with Crippen LogP contribution in [0, 0.1) is 0 Å². The monoisotopic (exact) mass is 724 g/mol. The van der Waals surface area contributed by atoms with E-state index in [2.05, 4.69) is 27.7 Å². The van der Waals surface area contributed by atoms with Gasteiger partial charge >= 0.3 is 0 Å². The molecule has 5 rings (SSSR count). The van der Waals surface area contributed by atoms with E-state index in [0.29, 0.717) is 29.6 Å². The molecule has 4 aromatic carbocycles. The van der Waals surface area contributed by atoms with Crippen LogP contribution in [-0.4, -0.2) is 66.7 Å². The van der Waals surface area contributed by atoms with Crippen molar-refractivity contribution in [2.24, 2.45) is 0 Å². The molecule has 0 bridgehead atoms. The van der Waals surface area contributed by atoms with Crippen molar-refractivity contribution in [1.82, 2.24) is 0 Å². The normalized spacial score (nSPS) is 13.6. The summed E-state index contributed by atoms with van der Waals surface area (Å²) in [6, 6.07) is 35.2. The highest BCUT2D eigenvalue weighted by atomic mass is 16.5. The predicted molar refractivity (Wildman–Crippen MR) is 204 cm³/mol. The smallest absolute Gasteiger partial charge is 0.129 e. The first-order valence-corrected chi connectivity index (χ1v) is 18.0. The van der Waals surface area contributed by atoms with Gasteiger partial charge < -0.3 is 43.4 Å². The van der Waals surface area contributed by atoms with Crippen LogP contribution in [0.2, 0.25) is 0 Å². The summed E-state index contributed by atoms with van der Waals surface area (Å²) < 4.78 is 33.8. The van der Waals surface area contributed by atoms with E-state index < -0.39 is 18.3 Å². The average Bonchev–Trinajstić information content (AvgIpc) is 3.69. The minimum atomic E-state index is -0.812. The van der Waals surface area contributed by atoms with Crippen LogP contribution >= 0.6 is 0 Å². The second kappa shape index (κ2) is 18.3. The first-order valence-electron chi connectivity index (χ1n) is 18.0. The number of rotatable bonds is 20. The molecule has 0 aliphatic carbocycles. The van der Waals surface area contributed by atoms with Crippen molar-refractivity contribution in [1.29, 1.82) is 0 Å². The number of ether oxygens (including phenoxy) is 5. The molecule has 1 aromatic heterocycles. The van der Waals surface area contributed by atoms with E-state index in [9.17, 15) is 15.3 Å². The highest BCUT2D eigenvalue weighted by Gasteiger charge is 2.24. The molecule has 0 fully saturated rings. The Hall–Kier alpha value is -4.80. The minimum Gasteiger partial charge on any atom is -0.491 e. The predicted octanol–water partition coefficient (Wildman–Crippen LogP) is 7.47. The van der Waals surface area contributed by atoms with E-state index in [1.807, 2.05) is 103 Å². The lowest BCUT2D eigenvalue weighted by molar-refractivity contribution is 0.000875. The van der Waals surface area contributed by atoms with Crippen molar-refractivity contribution in [2.45, 2.75) is 70.4 Å². The molecule has 0 aliphatic rings. The Morgan fingerprint density at radius 3 is 1.15 bits per heavy atom. The third kappa shape index (κ3) is 11.3. The van der Waals surface area contributed by atoms with Gasteiger partial charge in [0.1, 0.15) is 74.0 Å². The van der Waals surface area contributed by atoms with Crippen LogP contribution in [0.25, 0.3) is 0 Å². The molecule has 9 nitrogen and oxygen atoms in total. The Kier molecular flexibility index (Phi) is 13.6. The first kappa shape index (κ1) is 39.4. The standard InChI is InChI=1S/C44H52O9/c1-31(45)25-50-38-16-8-32(9-17-38)43(2,3)34-12-20-40(21-13-34)52-28-37(47)29-53-41-22-14-35(15-23-41)44(4,5)33-10-18-39(19-11-33)51-27-36(46)26-48-30-42-7-6-24-49-42/h6-24,31,36-37,45-47H,25-30H2,1-5H3. The lowest BCUT2D eigenvalue weighted by atomic mass is 9.78. The van der Waals surface area contributed by atoms with E-state index in [-0.39, 0.29) is 43.9 Å². The first-order chi connectivity index (χ1) is 25.4. The van der Waals surface area contributed by atoms with E-state index in [4.69, 9.17) is 28.1 Å². The van der Waals surface area contributed by atoms with Gasteiger partial charge in [-0.2, -0.15) is 0 Å². The van der Waals surface area contributed by atoms with Crippen LogP contribution in [0.1, 0.15) is 62.6 Å². The second-order valence-corrected chi connectivity index (χ2v) is 14.3. The van der Waals surface area contributed by atoms with Crippen molar-refractivity contribution >= 4 is 0 Å². The van der Waals surface area contributed by atoms with E-state index in [1.54, 1.807) is 19.3 Å². The maximum absolute atomic E-state index is 10.6. The highest BCUT2D eigenvalue weighted by Crippen LogP contribution is 2.35. The van der Waals surface area contributed by atoms with Gasteiger partial charge in [0.25, 0.3) is 0 Å². The van der Waals surface area contributed by atoms with Crippen molar-refractivity contribution < 1.29 is 43.4 Å². The zero-order chi connectivity index (χ0) is 37.8. The number of furan rings is 1. The number of hydrogen-bond donors (Lipinski definition) is 3. The quantitative estimate of drug-likeness (QED) is 0.0751. The molecule has 0 radical (unpaired) electrons. The summed E-state index contributed by atoms with van der Waals surface area (Å²) in [7, 11) is 0. The Morgan fingerprint density at radius 2 is 0.830 bits per heavy atom. The average molecular weight is 725 g/mol. The lowest BCUT2D eigenvalue weighted by Gasteiger charge is -2.27. The maximum Gasteiger partial charge on any atom is 0.129 e. The van der Waals surface area contributed by atoms with Gasteiger partial charge in [-0.05, 0) is 89.8 Å². The molecule has 0 saturated carbocycles. The topological polar surface area (TPSA) is 120 Å². The fraction of sp³-hybridized carbons (Fsp3) is 0.364. The second-order valence-electron chi connectivity index (χ2n) is 14.3. The molecule has 9 heteroatoms. The van der Waals surface area contributed by atoms with Crippen molar-refractivity contribution in [3.63, 3.8) is 0 Å². The Morgan fingerprint density at radius 1 is 0.491 bits per heavy atom. The van der Waals surface area contributed by atoms with Gasteiger partial charge in [0.2, 0.25) is 0 Å². The van der Waals surface area contributed by atoms with Gasteiger partial charge in [0.15, 0.2) is 0 Å². The fourth-order valence-electron chi connectivity index (χ4n) is 5.79. The summed E-state index contributed by atoms with van der Waals surface area (Å²) in [6.45, 7) is 11.3. The van der Waals surface area contributed by atoms with Crippen molar-refractivity contribution in [3.05, 3.63) is 143 Å². The SMILES string of the molecule is CC(O)COc1ccc(C(C)(C)c2ccc(OCC(O)COc3ccc(C(C)(C)c4ccc(OCC(O)COCc5ccco5)cc4)cc3)cc2)cc1. The van der Waals surface area contributed by atoms with Gasteiger partial charge in [-0.15, -0.1) is 0 Å². The molecule has 5 aromatic rings. The van der Waals surface area contributed by atoms with Crippen LogP contribution in [-0.2, 0) is 22.2 Å². The van der Waals surface area contributed by atoms with Crippen LogP contribution in [0.3, 0.4) is 0 Å². The summed E-state index contributed by atoms with van der Waals surface area (Å²) in [4.78, 5) is 0. The summed E-state index contributed by atoms with van der Waals surface area (Å²) in [5, 5.41) is 30.2. The molecular weight excluding hydrogens is 672 g/mol. The third-order valence-corrected chi connectivity index (χ3v) is 9.26. The molecule has 3 atom stereocenters. The largest absolute Gasteiger partial charge is 0.491 e. The summed E-state index contributed by atoms with van der Waals surface area (Å²) >= 11 is 0. The lowest BCUT2D eigenvalue weighted by Crippen LogP contribution is -2.25. The van der Waals surface area contributed by atoms with Crippen LogP contribution in [0.5, 0.6) is 23.0 Å². The van der Waals surface area contributed by atoms with Gasteiger partial charge in [-0.25, -0.2) is 0 Å². The van der Waals surface area contributed by atoms with Crippen molar-refractivity contribution in [2.75, 3.05) is 33.0 Å². The van der Waals surface area contributed by atoms with Crippen LogP contribution < -0.4 is 18.9 Å². The van der Waals surface area contributed by atoms with E-state index in [0.717, 1.165) is 28.0 Å². The molecular formula is C44H52O9. The maximum atomic E-state index is 10.6. The van der Waals surface area contributed by atoms with E-state index >= 15 is 0 Å². The number of aliphatic hydroxyl groups excluding tert-OH is 3. The van der Waals surface area contributed by atoms with Gasteiger partial charge in [-0.1, -0.05) is 76.2 Å². The Balaban J connectivity index is 1.04. The molecule has 53 heavy (non-hydrogen) atoms.